The predicted octanol–water partition coefficient (Wildman–Crippen LogP) is 1.53. The molecule has 0 aromatic heterocycles. The first kappa shape index (κ1) is 29.0. The number of hydrogen-bond donors (Lipinski definition) is 2. The van der Waals surface area contributed by atoms with Crippen molar-refractivity contribution in [1.29, 1.82) is 0 Å². The van der Waals surface area contributed by atoms with Crippen LogP contribution in [0.2, 0.25) is 0 Å². The fourth-order valence-corrected chi connectivity index (χ4v) is 4.12. The van der Waals surface area contributed by atoms with E-state index in [4.69, 9.17) is 14.2 Å². The highest BCUT2D eigenvalue weighted by Gasteiger charge is 2.56. The van der Waals surface area contributed by atoms with Gasteiger partial charge in [-0.3, -0.25) is 8.98 Å². The molecule has 0 saturated carbocycles. The highest BCUT2D eigenvalue weighted by molar-refractivity contribution is 7.87. The SMILES string of the molecule is CC(=O)N[C@@H]1[C@@H](OC(=O)c2ccccc2)[C@@H](OS(=O)(=O)C(F)(F)F)[C@@H](COC(=O)c2ccccc2)O[C@@H]1O. The molecule has 206 valence electrons. The van der Waals surface area contributed by atoms with E-state index < -0.39 is 70.7 Å². The second-order valence-corrected chi connectivity index (χ2v) is 9.52. The van der Waals surface area contributed by atoms with Crippen LogP contribution < -0.4 is 5.32 Å². The average Bonchev–Trinajstić information content (AvgIpc) is 2.86. The van der Waals surface area contributed by atoms with E-state index in [0.717, 1.165) is 6.92 Å². The van der Waals surface area contributed by atoms with Gasteiger partial charge in [-0.25, -0.2) is 9.59 Å². The summed E-state index contributed by atoms with van der Waals surface area (Å²) in [5.74, 6) is -2.93. The van der Waals surface area contributed by atoms with Gasteiger partial charge in [-0.2, -0.15) is 21.6 Å². The third-order valence-electron chi connectivity index (χ3n) is 5.20. The number of aliphatic hydroxyl groups is 1. The van der Waals surface area contributed by atoms with Crippen LogP contribution in [0.4, 0.5) is 13.2 Å². The van der Waals surface area contributed by atoms with Crippen molar-refractivity contribution in [2.24, 2.45) is 0 Å². The van der Waals surface area contributed by atoms with Crippen LogP contribution in [0.1, 0.15) is 27.6 Å². The second-order valence-electron chi connectivity index (χ2n) is 7.95. The minimum Gasteiger partial charge on any atom is -0.459 e. The van der Waals surface area contributed by atoms with Crippen molar-refractivity contribution in [3.05, 3.63) is 71.8 Å². The quantitative estimate of drug-likeness (QED) is 0.275. The number of aliphatic hydroxyl groups excluding tert-OH is 1. The Labute approximate surface area is 214 Å². The normalized spacial score (nSPS) is 23.8. The maximum atomic E-state index is 13.2. The number of carbonyl (C=O) groups is 3. The summed E-state index contributed by atoms with van der Waals surface area (Å²) in [4.78, 5) is 36.8. The van der Waals surface area contributed by atoms with Gasteiger partial charge in [0.25, 0.3) is 0 Å². The molecule has 11 nitrogen and oxygen atoms in total. The molecule has 0 unspecified atom stereocenters. The first-order chi connectivity index (χ1) is 17.8. The topological polar surface area (TPSA) is 155 Å². The fourth-order valence-electron chi connectivity index (χ4n) is 3.48. The molecule has 2 aromatic rings. The molecule has 15 heteroatoms. The summed E-state index contributed by atoms with van der Waals surface area (Å²) in [5, 5.41) is 12.7. The molecule has 1 aliphatic rings. The molecular formula is C23H22F3NO10S. The van der Waals surface area contributed by atoms with E-state index in [0.29, 0.717) is 0 Å². The number of ether oxygens (including phenoxy) is 3. The molecule has 5 atom stereocenters. The number of esters is 2. The Balaban J connectivity index is 1.98. The molecule has 1 amide bonds. The largest absolute Gasteiger partial charge is 0.523 e. The van der Waals surface area contributed by atoms with Crippen LogP contribution in [0.5, 0.6) is 0 Å². The number of benzene rings is 2. The third-order valence-corrected chi connectivity index (χ3v) is 6.24. The van der Waals surface area contributed by atoms with Crippen molar-refractivity contribution < 1.29 is 59.5 Å². The van der Waals surface area contributed by atoms with E-state index in [1.54, 1.807) is 12.1 Å². The van der Waals surface area contributed by atoms with Gasteiger partial charge in [0.1, 0.15) is 24.9 Å². The minimum atomic E-state index is -6.33. The van der Waals surface area contributed by atoms with Gasteiger partial charge in [0.05, 0.1) is 11.1 Å². The monoisotopic (exact) mass is 561 g/mol. The Morgan fingerprint density at radius 3 is 1.97 bits per heavy atom. The molecule has 0 spiro atoms. The highest BCUT2D eigenvalue weighted by atomic mass is 32.2. The molecule has 2 aromatic carbocycles. The second kappa shape index (κ2) is 11.9. The van der Waals surface area contributed by atoms with E-state index in [1.807, 2.05) is 0 Å². The molecule has 2 N–H and O–H groups in total. The van der Waals surface area contributed by atoms with Crippen LogP contribution in [0.25, 0.3) is 0 Å². The number of halogens is 3. The van der Waals surface area contributed by atoms with Gasteiger partial charge in [-0.05, 0) is 24.3 Å². The van der Waals surface area contributed by atoms with Crippen LogP contribution in [0.15, 0.2) is 60.7 Å². The van der Waals surface area contributed by atoms with Gasteiger partial charge < -0.3 is 24.6 Å². The number of carbonyl (C=O) groups excluding carboxylic acids is 3. The number of nitrogens with one attached hydrogen (secondary N) is 1. The van der Waals surface area contributed by atoms with Crippen LogP contribution in [-0.2, 0) is 33.3 Å². The minimum absolute atomic E-state index is 0.0485. The molecule has 3 rings (SSSR count). The van der Waals surface area contributed by atoms with Gasteiger partial charge in [-0.1, -0.05) is 36.4 Å². The van der Waals surface area contributed by atoms with E-state index in [2.05, 4.69) is 9.50 Å². The Morgan fingerprint density at radius 2 is 1.47 bits per heavy atom. The van der Waals surface area contributed by atoms with Crippen LogP contribution >= 0.6 is 0 Å². The maximum Gasteiger partial charge on any atom is 0.523 e. The number of amides is 1. The standard InChI is InChI=1S/C23H22F3NO10S/c1-13(28)27-17-19(36-21(30)15-10-6-3-7-11-15)18(37-38(32,33)23(24,25)26)16(35-22(17)31)12-34-20(29)14-8-4-2-5-9-14/h2-11,16-19,22,31H,12H2,1H3,(H,27,28)/t16-,17-,18+,19-,22+/m1/s1. The Morgan fingerprint density at radius 1 is 0.947 bits per heavy atom. The maximum absolute atomic E-state index is 13.2. The van der Waals surface area contributed by atoms with Crippen molar-refractivity contribution in [2.45, 2.75) is 43.1 Å². The molecule has 1 fully saturated rings. The lowest BCUT2D eigenvalue weighted by Gasteiger charge is -2.43. The van der Waals surface area contributed by atoms with Crippen molar-refractivity contribution in [1.82, 2.24) is 5.32 Å². The van der Waals surface area contributed by atoms with Gasteiger partial charge in [-0.15, -0.1) is 0 Å². The number of alkyl halides is 3. The zero-order valence-electron chi connectivity index (χ0n) is 19.5. The van der Waals surface area contributed by atoms with E-state index in [1.165, 1.54) is 48.5 Å². The van der Waals surface area contributed by atoms with Gasteiger partial charge in [0.2, 0.25) is 5.91 Å². The lowest BCUT2D eigenvalue weighted by molar-refractivity contribution is -0.248. The summed E-state index contributed by atoms with van der Waals surface area (Å²) in [5.41, 5.74) is -5.93. The van der Waals surface area contributed by atoms with E-state index in [-0.39, 0.29) is 11.1 Å². The third kappa shape index (κ3) is 7.06. The molecular weight excluding hydrogens is 539 g/mol. The Kier molecular flexibility index (Phi) is 9.09. The molecule has 0 radical (unpaired) electrons. The number of hydrogen-bond acceptors (Lipinski definition) is 10. The average molecular weight is 561 g/mol. The van der Waals surface area contributed by atoms with Crippen LogP contribution in [-0.4, -0.2) is 74.1 Å². The van der Waals surface area contributed by atoms with E-state index >= 15 is 0 Å². The fraction of sp³-hybridized carbons (Fsp3) is 0.348. The lowest BCUT2D eigenvalue weighted by Crippen LogP contribution is -2.66. The first-order valence-electron chi connectivity index (χ1n) is 10.9. The van der Waals surface area contributed by atoms with Crippen molar-refractivity contribution in [2.75, 3.05) is 6.61 Å². The van der Waals surface area contributed by atoms with Crippen LogP contribution in [0, 0.1) is 0 Å². The van der Waals surface area contributed by atoms with Crippen molar-refractivity contribution >= 4 is 28.0 Å². The Bertz CT molecular complexity index is 1240. The summed E-state index contributed by atoms with van der Waals surface area (Å²) in [6.45, 7) is 0.0633. The van der Waals surface area contributed by atoms with Crippen molar-refractivity contribution in [3.63, 3.8) is 0 Å². The zero-order chi connectivity index (χ0) is 28.1. The molecule has 38 heavy (non-hydrogen) atoms. The summed E-state index contributed by atoms with van der Waals surface area (Å²) in [7, 11) is -6.33. The summed E-state index contributed by atoms with van der Waals surface area (Å²) >= 11 is 0. The Hall–Kier alpha value is -3.53. The van der Waals surface area contributed by atoms with Crippen LogP contribution in [0.3, 0.4) is 0 Å². The number of rotatable bonds is 8. The summed E-state index contributed by atoms with van der Waals surface area (Å²) in [6, 6.07) is 12.7. The summed E-state index contributed by atoms with van der Waals surface area (Å²) in [6.07, 6.45) is -8.30. The first-order valence-corrected chi connectivity index (χ1v) is 12.3. The molecule has 1 saturated heterocycles. The van der Waals surface area contributed by atoms with Crippen molar-refractivity contribution in [3.8, 4) is 0 Å². The predicted molar refractivity (Wildman–Crippen MR) is 121 cm³/mol. The molecule has 0 aliphatic carbocycles. The molecule has 1 aliphatic heterocycles. The van der Waals surface area contributed by atoms with E-state index in [9.17, 15) is 41.1 Å². The molecule has 1 heterocycles. The zero-order valence-corrected chi connectivity index (χ0v) is 20.3. The highest BCUT2D eigenvalue weighted by Crippen LogP contribution is 2.32. The van der Waals surface area contributed by atoms with Gasteiger partial charge >= 0.3 is 27.6 Å². The smallest absolute Gasteiger partial charge is 0.459 e. The molecule has 0 bridgehead atoms. The van der Waals surface area contributed by atoms with Gasteiger partial charge in [0.15, 0.2) is 12.4 Å². The summed E-state index contributed by atoms with van der Waals surface area (Å²) < 4.78 is 83.4. The van der Waals surface area contributed by atoms with Gasteiger partial charge in [0, 0.05) is 6.92 Å². The lowest BCUT2D eigenvalue weighted by atomic mass is 9.96.